The van der Waals surface area contributed by atoms with Crippen LogP contribution in [0.25, 0.3) is 0 Å². The molecule has 0 aliphatic carbocycles. The monoisotopic (exact) mass is 282 g/mol. The smallest absolute Gasteiger partial charge is 0.243 e. The fourth-order valence-corrected chi connectivity index (χ4v) is 3.40. The Labute approximate surface area is 113 Å². The number of sulfonamides is 1. The maximum absolute atomic E-state index is 12.4. The van der Waals surface area contributed by atoms with Crippen molar-refractivity contribution in [2.24, 2.45) is 0 Å². The number of anilines is 1. The van der Waals surface area contributed by atoms with Crippen molar-refractivity contribution in [2.45, 2.75) is 37.6 Å². The molecule has 0 radical (unpaired) electrons. The summed E-state index contributed by atoms with van der Waals surface area (Å²) in [5.41, 5.74) is 1.44. The van der Waals surface area contributed by atoms with Gasteiger partial charge in [0.25, 0.3) is 0 Å². The molecule has 0 unspecified atom stereocenters. The van der Waals surface area contributed by atoms with Crippen LogP contribution in [0.5, 0.6) is 0 Å². The summed E-state index contributed by atoms with van der Waals surface area (Å²) >= 11 is 0. The summed E-state index contributed by atoms with van der Waals surface area (Å²) in [6.07, 6.45) is 0. The lowest BCUT2D eigenvalue weighted by molar-refractivity contribution is -0.116. The van der Waals surface area contributed by atoms with Crippen molar-refractivity contribution in [3.8, 4) is 0 Å². The maximum atomic E-state index is 12.4. The van der Waals surface area contributed by atoms with Gasteiger partial charge in [-0.2, -0.15) is 4.31 Å². The molecule has 1 aliphatic rings. The van der Waals surface area contributed by atoms with E-state index in [-0.39, 0.29) is 22.8 Å². The molecule has 0 saturated heterocycles. The third-order valence-electron chi connectivity index (χ3n) is 3.54. The fourth-order valence-electron chi connectivity index (χ4n) is 2.00. The predicted molar refractivity (Wildman–Crippen MR) is 73.6 cm³/mol. The Kier molecular flexibility index (Phi) is 3.40. The topological polar surface area (TPSA) is 66.5 Å². The Balaban J connectivity index is 2.47. The first kappa shape index (κ1) is 14.0. The van der Waals surface area contributed by atoms with Gasteiger partial charge in [0.1, 0.15) is 0 Å². The van der Waals surface area contributed by atoms with E-state index in [1.54, 1.807) is 26.1 Å². The molecule has 0 saturated carbocycles. The zero-order valence-corrected chi connectivity index (χ0v) is 12.3. The summed E-state index contributed by atoms with van der Waals surface area (Å²) in [7, 11) is -1.95. The molecule has 1 aromatic rings. The van der Waals surface area contributed by atoms with E-state index in [2.05, 4.69) is 5.32 Å². The highest BCUT2D eigenvalue weighted by atomic mass is 32.2. The van der Waals surface area contributed by atoms with Crippen LogP contribution in [0.3, 0.4) is 0 Å². The Hall–Kier alpha value is -1.40. The first-order valence-corrected chi connectivity index (χ1v) is 7.62. The summed E-state index contributed by atoms with van der Waals surface area (Å²) in [4.78, 5) is 11.8. The minimum absolute atomic E-state index is 0.0956. The Morgan fingerprint density at radius 3 is 2.53 bits per heavy atom. The molecule has 1 aromatic carbocycles. The molecule has 0 spiro atoms. The summed E-state index contributed by atoms with van der Waals surface area (Å²) in [5, 5.41) is 2.73. The van der Waals surface area contributed by atoms with Gasteiger partial charge in [-0.3, -0.25) is 4.79 Å². The van der Waals surface area contributed by atoms with Crippen molar-refractivity contribution >= 4 is 21.6 Å². The molecular formula is C13H18N2O3S. The highest BCUT2D eigenvalue weighted by molar-refractivity contribution is 7.89. The second-order valence-electron chi connectivity index (χ2n) is 5.07. The largest absolute Gasteiger partial charge is 0.325 e. The predicted octanol–water partition coefficient (Wildman–Crippen LogP) is 1.77. The van der Waals surface area contributed by atoms with Crippen molar-refractivity contribution in [1.82, 2.24) is 4.31 Å². The van der Waals surface area contributed by atoms with Gasteiger partial charge in [-0.15, -0.1) is 0 Å². The summed E-state index contributed by atoms with van der Waals surface area (Å²) in [6, 6.07) is 4.66. The first-order chi connectivity index (χ1) is 8.75. The van der Waals surface area contributed by atoms with E-state index in [9.17, 15) is 13.2 Å². The lowest BCUT2D eigenvalue weighted by Crippen LogP contribution is -2.33. The van der Waals surface area contributed by atoms with Gasteiger partial charge in [0.15, 0.2) is 0 Å². The number of hydrogen-bond acceptors (Lipinski definition) is 3. The van der Waals surface area contributed by atoms with Crippen LogP contribution < -0.4 is 5.32 Å². The number of benzene rings is 1. The van der Waals surface area contributed by atoms with Gasteiger partial charge in [0.2, 0.25) is 15.9 Å². The second-order valence-corrected chi connectivity index (χ2v) is 7.07. The second kappa shape index (κ2) is 4.61. The normalized spacial score (nSPS) is 18.8. The molecule has 5 nitrogen and oxygen atoms in total. The van der Waals surface area contributed by atoms with Crippen molar-refractivity contribution < 1.29 is 13.2 Å². The average Bonchev–Trinajstić information content (AvgIpc) is 2.63. The van der Waals surface area contributed by atoms with Gasteiger partial charge in [-0.25, -0.2) is 8.42 Å². The first-order valence-electron chi connectivity index (χ1n) is 6.18. The van der Waals surface area contributed by atoms with Crippen LogP contribution in [0.2, 0.25) is 0 Å². The lowest BCUT2D eigenvalue weighted by Gasteiger charge is -2.21. The van der Waals surface area contributed by atoms with Gasteiger partial charge >= 0.3 is 0 Å². The van der Waals surface area contributed by atoms with Crippen LogP contribution in [0.1, 0.15) is 32.3 Å². The molecule has 2 rings (SSSR count). The van der Waals surface area contributed by atoms with Crippen LogP contribution in [-0.4, -0.2) is 31.7 Å². The van der Waals surface area contributed by atoms with Crippen molar-refractivity contribution in [1.29, 1.82) is 0 Å². The summed E-state index contributed by atoms with van der Waals surface area (Å²) in [5.74, 6) is -0.406. The highest BCUT2D eigenvalue weighted by Crippen LogP contribution is 2.34. The molecule has 1 amide bonds. The molecule has 0 fully saturated rings. The third-order valence-corrected chi connectivity index (χ3v) is 5.57. The number of nitrogens with one attached hydrogen (secondary N) is 1. The van der Waals surface area contributed by atoms with Gasteiger partial charge in [-0.05, 0) is 44.5 Å². The van der Waals surface area contributed by atoms with Crippen LogP contribution >= 0.6 is 0 Å². The zero-order chi connectivity index (χ0) is 14.4. The molecule has 6 heteroatoms. The van der Waals surface area contributed by atoms with E-state index in [4.69, 9.17) is 0 Å². The lowest BCUT2D eigenvalue weighted by atomic mass is 10.0. The highest BCUT2D eigenvalue weighted by Gasteiger charge is 2.30. The number of rotatable bonds is 3. The average molecular weight is 282 g/mol. The number of amides is 1. The summed E-state index contributed by atoms with van der Waals surface area (Å²) in [6.45, 7) is 5.40. The molecule has 1 heterocycles. The van der Waals surface area contributed by atoms with Crippen molar-refractivity contribution in [2.75, 3.05) is 12.4 Å². The summed E-state index contributed by atoms with van der Waals surface area (Å²) < 4.78 is 26.1. The minimum atomic E-state index is -3.51. The van der Waals surface area contributed by atoms with Gasteiger partial charge < -0.3 is 5.32 Å². The van der Waals surface area contributed by atoms with E-state index in [1.807, 2.05) is 13.8 Å². The van der Waals surface area contributed by atoms with Crippen molar-refractivity contribution in [3.63, 3.8) is 0 Å². The van der Waals surface area contributed by atoms with E-state index in [0.717, 1.165) is 5.56 Å². The fraction of sp³-hybridized carbons (Fsp3) is 0.462. The van der Waals surface area contributed by atoms with E-state index in [0.29, 0.717) is 5.69 Å². The van der Waals surface area contributed by atoms with Gasteiger partial charge in [0, 0.05) is 18.8 Å². The van der Waals surface area contributed by atoms with Crippen LogP contribution in [0, 0.1) is 0 Å². The Bertz CT molecular complexity index is 623. The third kappa shape index (κ3) is 2.26. The molecule has 104 valence electrons. The number of nitrogens with zero attached hydrogens (tertiary/aromatic N) is 1. The van der Waals surface area contributed by atoms with E-state index < -0.39 is 10.0 Å². The molecule has 0 bridgehead atoms. The standard InChI is InChI=1S/C13H18N2O3S/c1-8(2)15(4)19(17,18)10-5-6-12-11(7-10)9(3)13(16)14-12/h5-9H,1-4H3,(H,14,16)/t9-/m1/s1. The quantitative estimate of drug-likeness (QED) is 0.918. The van der Waals surface area contributed by atoms with Gasteiger partial charge in [0.05, 0.1) is 10.8 Å². The maximum Gasteiger partial charge on any atom is 0.243 e. The van der Waals surface area contributed by atoms with Crippen LogP contribution in [0.4, 0.5) is 5.69 Å². The molecular weight excluding hydrogens is 264 g/mol. The van der Waals surface area contributed by atoms with E-state index >= 15 is 0 Å². The molecule has 1 N–H and O–H groups in total. The minimum Gasteiger partial charge on any atom is -0.325 e. The van der Waals surface area contributed by atoms with E-state index in [1.165, 1.54) is 10.4 Å². The Morgan fingerprint density at radius 2 is 1.95 bits per heavy atom. The zero-order valence-electron chi connectivity index (χ0n) is 11.5. The number of fused-ring (bicyclic) bond motifs is 1. The number of hydrogen-bond donors (Lipinski definition) is 1. The van der Waals surface area contributed by atoms with Crippen LogP contribution in [-0.2, 0) is 14.8 Å². The number of carbonyl (C=O) groups is 1. The SMILES string of the molecule is CC(C)N(C)S(=O)(=O)c1ccc2c(c1)[C@@H](C)C(=O)N2. The van der Waals surface area contributed by atoms with Gasteiger partial charge in [-0.1, -0.05) is 0 Å². The molecule has 0 aromatic heterocycles. The van der Waals surface area contributed by atoms with Crippen molar-refractivity contribution in [3.05, 3.63) is 23.8 Å². The number of carbonyl (C=O) groups excluding carboxylic acids is 1. The molecule has 19 heavy (non-hydrogen) atoms. The Morgan fingerprint density at radius 1 is 1.32 bits per heavy atom. The molecule has 1 aliphatic heterocycles. The molecule has 1 atom stereocenters. The van der Waals surface area contributed by atoms with Crippen LogP contribution in [0.15, 0.2) is 23.1 Å².